The number of carboxylic acids is 1. The lowest BCUT2D eigenvalue weighted by Crippen LogP contribution is -2.46. The second-order valence-corrected chi connectivity index (χ2v) is 7.44. The Labute approximate surface area is 167 Å². The van der Waals surface area contributed by atoms with Crippen molar-refractivity contribution in [2.75, 3.05) is 43.4 Å². The molecule has 1 aromatic heterocycles. The lowest BCUT2D eigenvalue weighted by Gasteiger charge is -2.34. The fraction of sp³-hybridized carbons (Fsp3) is 0.316. The first-order chi connectivity index (χ1) is 13.1. The van der Waals surface area contributed by atoms with Crippen molar-refractivity contribution in [2.45, 2.75) is 5.16 Å². The molecule has 0 aliphatic carbocycles. The lowest BCUT2D eigenvalue weighted by atomic mass is 10.2. The van der Waals surface area contributed by atoms with E-state index in [2.05, 4.69) is 44.1 Å². The SMILES string of the molecule is O=C(O)CSc1nc(Cl)cc(N2CCN(C/C=C/c3ccccc3)CC2)n1. The minimum Gasteiger partial charge on any atom is -0.481 e. The lowest BCUT2D eigenvalue weighted by molar-refractivity contribution is -0.133. The summed E-state index contributed by atoms with van der Waals surface area (Å²) in [4.78, 5) is 23.8. The number of anilines is 1. The largest absolute Gasteiger partial charge is 0.481 e. The van der Waals surface area contributed by atoms with E-state index >= 15 is 0 Å². The number of carbonyl (C=O) groups is 1. The molecule has 0 radical (unpaired) electrons. The van der Waals surface area contributed by atoms with Gasteiger partial charge in [0, 0.05) is 38.8 Å². The molecule has 1 aliphatic heterocycles. The zero-order valence-electron chi connectivity index (χ0n) is 14.8. The van der Waals surface area contributed by atoms with Crippen LogP contribution in [0.1, 0.15) is 5.56 Å². The fourth-order valence-corrected chi connectivity index (χ4v) is 3.60. The third-order valence-electron chi connectivity index (χ3n) is 4.16. The number of piperazine rings is 1. The second kappa shape index (κ2) is 9.73. The summed E-state index contributed by atoms with van der Waals surface area (Å²) in [5.74, 6) is -0.230. The fourth-order valence-electron chi connectivity index (χ4n) is 2.80. The Morgan fingerprint density at radius 3 is 2.63 bits per heavy atom. The van der Waals surface area contributed by atoms with Gasteiger partial charge in [-0.3, -0.25) is 9.69 Å². The average molecular weight is 405 g/mol. The van der Waals surface area contributed by atoms with Crippen LogP contribution in [-0.2, 0) is 4.79 Å². The summed E-state index contributed by atoms with van der Waals surface area (Å²) in [6.45, 7) is 4.45. The molecular weight excluding hydrogens is 384 g/mol. The molecule has 1 aromatic carbocycles. The maximum atomic E-state index is 10.7. The van der Waals surface area contributed by atoms with E-state index in [9.17, 15) is 4.79 Å². The Morgan fingerprint density at radius 1 is 1.19 bits per heavy atom. The molecule has 0 bridgehead atoms. The molecule has 1 aliphatic rings. The van der Waals surface area contributed by atoms with E-state index in [-0.39, 0.29) is 5.75 Å². The maximum Gasteiger partial charge on any atom is 0.313 e. The molecule has 8 heteroatoms. The number of aliphatic carboxylic acids is 1. The molecule has 1 N–H and O–H groups in total. The summed E-state index contributed by atoms with van der Waals surface area (Å²) < 4.78 is 0. The van der Waals surface area contributed by atoms with Crippen molar-refractivity contribution in [2.24, 2.45) is 0 Å². The second-order valence-electron chi connectivity index (χ2n) is 6.11. The first kappa shape index (κ1) is 19.7. The monoisotopic (exact) mass is 404 g/mol. The van der Waals surface area contributed by atoms with Crippen molar-refractivity contribution in [3.05, 3.63) is 53.2 Å². The van der Waals surface area contributed by atoms with Gasteiger partial charge in [0.2, 0.25) is 0 Å². The molecule has 6 nitrogen and oxygen atoms in total. The molecule has 0 atom stereocenters. The molecule has 0 unspecified atom stereocenters. The van der Waals surface area contributed by atoms with Crippen LogP contribution in [0, 0.1) is 0 Å². The van der Waals surface area contributed by atoms with Crippen LogP contribution in [0.4, 0.5) is 5.82 Å². The number of halogens is 1. The van der Waals surface area contributed by atoms with Gasteiger partial charge in [-0.15, -0.1) is 0 Å². The van der Waals surface area contributed by atoms with Gasteiger partial charge in [-0.1, -0.05) is 65.8 Å². The first-order valence-electron chi connectivity index (χ1n) is 8.68. The van der Waals surface area contributed by atoms with E-state index in [0.717, 1.165) is 50.3 Å². The van der Waals surface area contributed by atoms with Gasteiger partial charge in [-0.05, 0) is 5.56 Å². The van der Waals surface area contributed by atoms with Crippen LogP contribution in [-0.4, -0.2) is 64.4 Å². The Bertz CT molecular complexity index is 796. The van der Waals surface area contributed by atoms with Crippen LogP contribution in [0.5, 0.6) is 0 Å². The van der Waals surface area contributed by atoms with Gasteiger partial charge in [-0.25, -0.2) is 9.97 Å². The topological polar surface area (TPSA) is 69.6 Å². The van der Waals surface area contributed by atoms with Crippen LogP contribution in [0.25, 0.3) is 6.08 Å². The highest BCUT2D eigenvalue weighted by molar-refractivity contribution is 7.99. The Morgan fingerprint density at radius 2 is 1.93 bits per heavy atom. The minimum atomic E-state index is -0.901. The van der Waals surface area contributed by atoms with E-state index in [1.165, 1.54) is 5.56 Å². The van der Waals surface area contributed by atoms with Crippen molar-refractivity contribution in [1.29, 1.82) is 0 Å². The van der Waals surface area contributed by atoms with E-state index in [4.69, 9.17) is 16.7 Å². The van der Waals surface area contributed by atoms with E-state index in [0.29, 0.717) is 10.3 Å². The summed E-state index contributed by atoms with van der Waals surface area (Å²) in [6, 6.07) is 12.0. The van der Waals surface area contributed by atoms with Gasteiger partial charge in [-0.2, -0.15) is 0 Å². The van der Waals surface area contributed by atoms with Gasteiger partial charge in [0.15, 0.2) is 5.16 Å². The molecule has 3 rings (SSSR count). The van der Waals surface area contributed by atoms with Crippen molar-refractivity contribution in [3.8, 4) is 0 Å². The number of hydrogen-bond donors (Lipinski definition) is 1. The van der Waals surface area contributed by atoms with Gasteiger partial charge in [0.25, 0.3) is 0 Å². The molecule has 0 saturated carbocycles. The van der Waals surface area contributed by atoms with E-state index in [1.807, 2.05) is 18.2 Å². The summed E-state index contributed by atoms with van der Waals surface area (Å²) in [5.41, 5.74) is 1.21. The number of carboxylic acid groups (broad SMARTS) is 1. The van der Waals surface area contributed by atoms with Crippen molar-refractivity contribution < 1.29 is 9.90 Å². The van der Waals surface area contributed by atoms with Crippen LogP contribution < -0.4 is 4.90 Å². The number of aromatic nitrogens is 2. The van der Waals surface area contributed by atoms with E-state index < -0.39 is 5.97 Å². The zero-order chi connectivity index (χ0) is 19.1. The number of benzene rings is 1. The summed E-state index contributed by atoms with van der Waals surface area (Å²) in [6.07, 6.45) is 4.33. The third-order valence-corrected chi connectivity index (χ3v) is 5.18. The Balaban J connectivity index is 1.52. The summed E-state index contributed by atoms with van der Waals surface area (Å²) in [5, 5.41) is 9.53. The summed E-state index contributed by atoms with van der Waals surface area (Å²) in [7, 11) is 0. The molecule has 2 aromatic rings. The Kier molecular flexibility index (Phi) is 7.09. The van der Waals surface area contributed by atoms with Gasteiger partial charge in [0.05, 0.1) is 5.75 Å². The van der Waals surface area contributed by atoms with Crippen LogP contribution in [0.2, 0.25) is 5.15 Å². The number of thioether (sulfide) groups is 1. The quantitative estimate of drug-likeness (QED) is 0.432. The molecule has 0 amide bonds. The zero-order valence-corrected chi connectivity index (χ0v) is 16.4. The molecular formula is C19H21ClN4O2S. The highest BCUT2D eigenvalue weighted by Crippen LogP contribution is 2.22. The predicted octanol–water partition coefficient (Wildman–Crippen LogP) is 3.14. The van der Waals surface area contributed by atoms with Crippen LogP contribution >= 0.6 is 23.4 Å². The number of nitrogens with zero attached hydrogens (tertiary/aromatic N) is 4. The highest BCUT2D eigenvalue weighted by Gasteiger charge is 2.18. The molecule has 1 fully saturated rings. The van der Waals surface area contributed by atoms with Crippen LogP contribution in [0.15, 0.2) is 47.6 Å². The normalized spacial score (nSPS) is 15.4. The average Bonchev–Trinajstić information content (AvgIpc) is 2.67. The van der Waals surface area contributed by atoms with Crippen LogP contribution in [0.3, 0.4) is 0 Å². The smallest absolute Gasteiger partial charge is 0.313 e. The molecule has 1 saturated heterocycles. The third kappa shape index (κ3) is 6.23. The van der Waals surface area contributed by atoms with Gasteiger partial charge < -0.3 is 10.0 Å². The molecule has 142 valence electrons. The standard InChI is InChI=1S/C19H21ClN4O2S/c20-16-13-17(22-19(21-16)27-14-18(25)26)24-11-9-23(10-12-24)8-4-7-15-5-2-1-3-6-15/h1-7,13H,8-12,14H2,(H,25,26)/b7-4+. The van der Waals surface area contributed by atoms with E-state index in [1.54, 1.807) is 6.07 Å². The maximum absolute atomic E-state index is 10.7. The molecule has 0 spiro atoms. The highest BCUT2D eigenvalue weighted by atomic mass is 35.5. The van der Waals surface area contributed by atoms with Gasteiger partial charge in [0.1, 0.15) is 11.0 Å². The van der Waals surface area contributed by atoms with Crippen molar-refractivity contribution >= 4 is 41.2 Å². The first-order valence-corrected chi connectivity index (χ1v) is 10.0. The Hall–Kier alpha value is -2.09. The molecule has 27 heavy (non-hydrogen) atoms. The summed E-state index contributed by atoms with van der Waals surface area (Å²) >= 11 is 7.16. The number of hydrogen-bond acceptors (Lipinski definition) is 6. The minimum absolute atomic E-state index is 0.0820. The molecule has 2 heterocycles. The van der Waals surface area contributed by atoms with Crippen molar-refractivity contribution in [3.63, 3.8) is 0 Å². The number of rotatable bonds is 7. The predicted molar refractivity (Wildman–Crippen MR) is 110 cm³/mol. The van der Waals surface area contributed by atoms with Gasteiger partial charge >= 0.3 is 5.97 Å². The van der Waals surface area contributed by atoms with Crippen molar-refractivity contribution in [1.82, 2.24) is 14.9 Å².